The van der Waals surface area contributed by atoms with Crippen molar-refractivity contribution in [3.05, 3.63) is 0 Å². The third-order valence-electron chi connectivity index (χ3n) is 0. The van der Waals surface area contributed by atoms with Crippen LogP contribution in [0.3, 0.4) is 0 Å². The molecule has 1 heteroatoms. The van der Waals surface area contributed by atoms with E-state index < -0.39 is 0 Å². The molecule has 23 valence electrons. The van der Waals surface area contributed by atoms with Crippen molar-refractivity contribution < 1.29 is 17.0 Å². The van der Waals surface area contributed by atoms with Gasteiger partial charge in [0.05, 0.1) is 0 Å². The van der Waals surface area contributed by atoms with Crippen molar-refractivity contribution in [1.82, 2.24) is 0 Å². The van der Waals surface area contributed by atoms with Crippen LogP contribution in [-0.4, -0.2) is 4.23 Å². The van der Waals surface area contributed by atoms with Crippen molar-refractivity contribution in [3.8, 4) is 0 Å². The van der Waals surface area contributed by atoms with Crippen molar-refractivity contribution in [1.29, 1.82) is 0 Å². The monoisotopic (exact) mass is 93.0 g/mol. The molecule has 0 nitrogen and oxygen atoms in total. The number of hydrogen-bond donors (Lipinski definition) is 0. The Morgan fingerprint density at radius 2 is 1.50 bits per heavy atom. The molecule has 0 bridgehead atoms. The average Bonchev–Trinajstić information content (AvgIpc) is 0.811. The second-order valence-corrected chi connectivity index (χ2v) is 2.34. The fraction of sp³-hybridized carbons (Fsp3) is 0.667. The molecule has 0 aromatic rings. The predicted octanol–water partition coefficient (Wildman–Crippen LogP) is 0.745. The van der Waals surface area contributed by atoms with Gasteiger partial charge in [-0.25, -0.2) is 0 Å². The van der Waals surface area contributed by atoms with E-state index in [0.717, 1.165) is 0 Å². The summed E-state index contributed by atoms with van der Waals surface area (Å²) >= 11 is 2.45. The van der Waals surface area contributed by atoms with Gasteiger partial charge in [0.1, 0.15) is 0 Å². The maximum atomic E-state index is 2.45. The van der Waals surface area contributed by atoms with Crippen molar-refractivity contribution in [2.45, 2.75) is 13.8 Å². The van der Waals surface area contributed by atoms with Crippen molar-refractivity contribution in [2.75, 3.05) is 0 Å². The predicted molar refractivity (Wildman–Crippen MR) is 16.4 cm³/mol. The van der Waals surface area contributed by atoms with Crippen LogP contribution in [0.25, 0.3) is 0 Å². The van der Waals surface area contributed by atoms with E-state index in [1.54, 1.807) is 0 Å². The molecule has 0 unspecified atom stereocenters. The first kappa shape index (κ1) is 4.45. The van der Waals surface area contributed by atoms with Crippen molar-refractivity contribution in [3.63, 3.8) is 0 Å². The molecule has 0 aliphatic carbocycles. The first-order valence-electron chi connectivity index (χ1n) is 1.22. The Labute approximate surface area is 35.7 Å². The minimum absolute atomic E-state index is 1.35. The zero-order valence-electron chi connectivity index (χ0n) is 2.95. The second kappa shape index (κ2) is 1.74. The van der Waals surface area contributed by atoms with Gasteiger partial charge in [-0.05, 0) is 0 Å². The molecule has 0 radical (unpaired) electrons. The standard InChI is InChI=1S/C3H6.V/c1-3-2;/h1-2H3;. The summed E-state index contributed by atoms with van der Waals surface area (Å²) in [5.41, 5.74) is 0. The summed E-state index contributed by atoms with van der Waals surface area (Å²) in [6.07, 6.45) is 0. The van der Waals surface area contributed by atoms with Crippen LogP contribution in [0, 0.1) is 0 Å². The summed E-state index contributed by atoms with van der Waals surface area (Å²) in [5.74, 6) is 0. The van der Waals surface area contributed by atoms with Gasteiger partial charge in [0.2, 0.25) is 0 Å². The Balaban J connectivity index is 2.80. The molecule has 0 aromatic carbocycles. The van der Waals surface area contributed by atoms with Gasteiger partial charge >= 0.3 is 35.1 Å². The summed E-state index contributed by atoms with van der Waals surface area (Å²) in [5, 5.41) is 0. The third-order valence-corrected chi connectivity index (χ3v) is 0. The van der Waals surface area contributed by atoms with Crippen LogP contribution in [0.4, 0.5) is 0 Å². The summed E-state index contributed by atoms with van der Waals surface area (Å²) in [4.78, 5) is 0. The van der Waals surface area contributed by atoms with Gasteiger partial charge < -0.3 is 0 Å². The zero-order chi connectivity index (χ0) is 3.58. The number of hydrogen-bond acceptors (Lipinski definition) is 0. The van der Waals surface area contributed by atoms with Gasteiger partial charge in [0, 0.05) is 0 Å². The molecule has 0 saturated carbocycles. The molecule has 0 N–H and O–H groups in total. The third kappa shape index (κ3) is 25.1. The summed E-state index contributed by atoms with van der Waals surface area (Å²) in [6, 6.07) is 0. The molecule has 0 atom stereocenters. The molecule has 0 heterocycles. The van der Waals surface area contributed by atoms with Gasteiger partial charge in [0.15, 0.2) is 0 Å². The molecule has 0 fully saturated rings. The van der Waals surface area contributed by atoms with Crippen LogP contribution >= 0.6 is 0 Å². The van der Waals surface area contributed by atoms with Gasteiger partial charge in [-0.1, -0.05) is 0 Å². The Morgan fingerprint density at radius 3 is 1.50 bits per heavy atom. The molecule has 0 aromatic heterocycles. The SMILES string of the molecule is C[C](C)=[V]. The van der Waals surface area contributed by atoms with E-state index in [0.29, 0.717) is 0 Å². The van der Waals surface area contributed by atoms with E-state index in [9.17, 15) is 0 Å². The fourth-order valence-electron chi connectivity index (χ4n) is 0. The average molecular weight is 93.0 g/mol. The van der Waals surface area contributed by atoms with Crippen molar-refractivity contribution in [2.24, 2.45) is 0 Å². The molecule has 0 aliphatic rings. The first-order chi connectivity index (χ1) is 1.73. The van der Waals surface area contributed by atoms with Gasteiger partial charge in [-0.2, -0.15) is 0 Å². The summed E-state index contributed by atoms with van der Waals surface area (Å²) in [7, 11) is 0. The Hall–Kier alpha value is 0.454. The van der Waals surface area contributed by atoms with E-state index >= 15 is 0 Å². The molecular formula is C3H6V. The molecule has 0 spiro atoms. The van der Waals surface area contributed by atoms with E-state index in [4.69, 9.17) is 0 Å². The molecule has 0 amide bonds. The molecule has 0 saturated heterocycles. The van der Waals surface area contributed by atoms with Crippen LogP contribution in [0.5, 0.6) is 0 Å². The van der Waals surface area contributed by atoms with Crippen LogP contribution < -0.4 is 0 Å². The van der Waals surface area contributed by atoms with Crippen molar-refractivity contribution >= 4 is 4.23 Å². The van der Waals surface area contributed by atoms with E-state index in [-0.39, 0.29) is 0 Å². The van der Waals surface area contributed by atoms with E-state index in [1.165, 1.54) is 4.23 Å². The van der Waals surface area contributed by atoms with Crippen LogP contribution in [0.1, 0.15) is 13.8 Å². The molecule has 0 rings (SSSR count). The van der Waals surface area contributed by atoms with E-state index in [1.807, 2.05) is 0 Å². The zero-order valence-corrected chi connectivity index (χ0v) is 4.34. The Bertz CT molecular complexity index is 26.3. The quantitative estimate of drug-likeness (QED) is 0.414. The molecular weight excluding hydrogens is 87.0 g/mol. The summed E-state index contributed by atoms with van der Waals surface area (Å²) < 4.78 is 1.35. The normalized spacial score (nSPS) is 6.25. The fourth-order valence-corrected chi connectivity index (χ4v) is 0. The topological polar surface area (TPSA) is 0 Å². The number of rotatable bonds is 0. The second-order valence-electron chi connectivity index (χ2n) is 0.947. The van der Waals surface area contributed by atoms with Gasteiger partial charge in [-0.3, -0.25) is 0 Å². The van der Waals surface area contributed by atoms with Crippen LogP contribution in [0.15, 0.2) is 0 Å². The molecule has 4 heavy (non-hydrogen) atoms. The summed E-state index contributed by atoms with van der Waals surface area (Å²) in [6.45, 7) is 4.11. The maximum absolute atomic E-state index is 2.45. The Kier molecular flexibility index (Phi) is 1.94. The van der Waals surface area contributed by atoms with Crippen LogP contribution in [0.2, 0.25) is 0 Å². The molecule has 0 aliphatic heterocycles. The van der Waals surface area contributed by atoms with Gasteiger partial charge in [0.25, 0.3) is 0 Å². The minimum atomic E-state index is 1.35. The van der Waals surface area contributed by atoms with Crippen LogP contribution in [-0.2, 0) is 17.0 Å². The van der Waals surface area contributed by atoms with Gasteiger partial charge in [-0.15, -0.1) is 0 Å². The first-order valence-corrected chi connectivity index (χ1v) is 1.92. The van der Waals surface area contributed by atoms with E-state index in [2.05, 4.69) is 30.8 Å². The Morgan fingerprint density at radius 1 is 1.50 bits per heavy atom.